The molecule has 2 aromatic heterocycles. The van der Waals surface area contributed by atoms with Crippen molar-refractivity contribution in [1.29, 1.82) is 0 Å². The number of para-hydroxylation sites is 1. The smallest absolute Gasteiger partial charge is 0.354 e. The Labute approximate surface area is 184 Å². The van der Waals surface area contributed by atoms with Crippen LogP contribution in [0.4, 0.5) is 10.8 Å². The van der Waals surface area contributed by atoms with Gasteiger partial charge < -0.3 is 19.9 Å². The summed E-state index contributed by atoms with van der Waals surface area (Å²) in [7, 11) is 1.31. The molecule has 1 aliphatic heterocycles. The first-order chi connectivity index (χ1) is 14.5. The van der Waals surface area contributed by atoms with Crippen molar-refractivity contribution in [3.63, 3.8) is 0 Å². The number of halogens is 1. The number of nitrogens with one attached hydrogen (secondary N) is 2. The summed E-state index contributed by atoms with van der Waals surface area (Å²) in [6.45, 7) is 0.311. The Balaban J connectivity index is 1.43. The molecule has 0 radical (unpaired) electrons. The Morgan fingerprint density at radius 2 is 2.17 bits per heavy atom. The predicted molar refractivity (Wildman–Crippen MR) is 116 cm³/mol. The highest BCUT2D eigenvalue weighted by atomic mass is 79.9. The molecule has 0 spiro atoms. The number of hydrogen-bond acceptors (Lipinski definition) is 6. The molecule has 0 saturated carbocycles. The molecular formula is C20H17BrN4O4S. The predicted octanol–water partition coefficient (Wildman–Crippen LogP) is 3.68. The summed E-state index contributed by atoms with van der Waals surface area (Å²) in [4.78, 5) is 45.6. The normalized spacial score (nSPS) is 16.0. The number of anilines is 2. The third kappa shape index (κ3) is 4.01. The van der Waals surface area contributed by atoms with E-state index in [4.69, 9.17) is 0 Å². The van der Waals surface area contributed by atoms with Crippen LogP contribution in [0.25, 0.3) is 11.3 Å². The largest absolute Gasteiger partial charge is 0.464 e. The van der Waals surface area contributed by atoms with Crippen LogP contribution in [-0.4, -0.2) is 41.4 Å². The topological polar surface area (TPSA) is 104 Å². The number of thiazole rings is 1. The lowest BCUT2D eigenvalue weighted by atomic mass is 10.1. The van der Waals surface area contributed by atoms with E-state index in [0.29, 0.717) is 28.6 Å². The molecule has 30 heavy (non-hydrogen) atoms. The lowest BCUT2D eigenvalue weighted by Gasteiger charge is -2.18. The second-order valence-corrected chi connectivity index (χ2v) is 8.39. The van der Waals surface area contributed by atoms with E-state index in [0.717, 1.165) is 10.2 Å². The first-order valence-corrected chi connectivity index (χ1v) is 10.7. The molecule has 2 amide bonds. The van der Waals surface area contributed by atoms with E-state index in [-0.39, 0.29) is 18.2 Å². The lowest BCUT2D eigenvalue weighted by Crippen LogP contribution is -2.28. The second-order valence-electron chi connectivity index (χ2n) is 6.68. The molecule has 1 fully saturated rings. The number of carbonyl (C=O) groups is 3. The zero-order valence-electron chi connectivity index (χ0n) is 15.8. The maximum Gasteiger partial charge on any atom is 0.354 e. The standard InChI is InChI=1S/C20H17BrN4O4S/c1-29-19(28)14-6-11(8-22-14)15-10-30-20(23-15)24-18(27)12-7-17(26)25(9-12)16-5-3-2-4-13(16)21/h2-6,8,10,12,22H,7,9H2,1H3,(H,23,24,27). The number of nitrogens with zero attached hydrogens (tertiary/aromatic N) is 2. The average molecular weight is 489 g/mol. The van der Waals surface area contributed by atoms with Crippen molar-refractivity contribution >= 4 is 55.9 Å². The molecule has 1 aromatic carbocycles. The van der Waals surface area contributed by atoms with Crippen molar-refractivity contribution in [3.8, 4) is 11.3 Å². The zero-order valence-corrected chi connectivity index (χ0v) is 18.2. The fourth-order valence-corrected chi connectivity index (χ4v) is 4.45. The summed E-state index contributed by atoms with van der Waals surface area (Å²) in [5, 5.41) is 5.02. The fourth-order valence-electron chi connectivity index (χ4n) is 3.23. The summed E-state index contributed by atoms with van der Waals surface area (Å²) >= 11 is 4.73. The van der Waals surface area contributed by atoms with Crippen molar-refractivity contribution < 1.29 is 19.1 Å². The van der Waals surface area contributed by atoms with Crippen molar-refractivity contribution in [1.82, 2.24) is 9.97 Å². The lowest BCUT2D eigenvalue weighted by molar-refractivity contribution is -0.122. The van der Waals surface area contributed by atoms with Gasteiger partial charge in [0.05, 0.1) is 24.4 Å². The first-order valence-electron chi connectivity index (χ1n) is 9.04. The number of aromatic amines is 1. The van der Waals surface area contributed by atoms with Crippen LogP contribution in [0.2, 0.25) is 0 Å². The number of H-pyrrole nitrogens is 1. The molecular weight excluding hydrogens is 472 g/mol. The van der Waals surface area contributed by atoms with Gasteiger partial charge in [0.15, 0.2) is 5.13 Å². The minimum Gasteiger partial charge on any atom is -0.464 e. The van der Waals surface area contributed by atoms with Crippen LogP contribution in [0, 0.1) is 5.92 Å². The van der Waals surface area contributed by atoms with E-state index in [2.05, 4.69) is 36.0 Å². The van der Waals surface area contributed by atoms with Crippen molar-refractivity contribution in [2.45, 2.75) is 6.42 Å². The summed E-state index contributed by atoms with van der Waals surface area (Å²) < 4.78 is 5.48. The maximum atomic E-state index is 12.7. The van der Waals surface area contributed by atoms with Crippen molar-refractivity contribution in [3.05, 3.63) is 52.1 Å². The number of carbonyl (C=O) groups excluding carboxylic acids is 3. The van der Waals surface area contributed by atoms with Gasteiger partial charge in [-0.05, 0) is 34.1 Å². The van der Waals surface area contributed by atoms with Gasteiger partial charge in [0, 0.05) is 34.6 Å². The van der Waals surface area contributed by atoms with E-state index < -0.39 is 11.9 Å². The van der Waals surface area contributed by atoms with Gasteiger partial charge in [0.1, 0.15) is 5.69 Å². The van der Waals surface area contributed by atoms with Crippen LogP contribution in [0.15, 0.2) is 46.4 Å². The van der Waals surface area contributed by atoms with Crippen molar-refractivity contribution in [2.75, 3.05) is 23.9 Å². The SMILES string of the molecule is COC(=O)c1cc(-c2csc(NC(=O)C3CC(=O)N(c4ccccc4Br)C3)n2)c[nH]1. The molecule has 1 saturated heterocycles. The zero-order chi connectivity index (χ0) is 21.3. The molecule has 1 atom stereocenters. The molecule has 8 nitrogen and oxygen atoms in total. The van der Waals surface area contributed by atoms with Crippen LogP contribution in [-0.2, 0) is 14.3 Å². The Bertz CT molecular complexity index is 1130. The van der Waals surface area contributed by atoms with Gasteiger partial charge in [-0.15, -0.1) is 11.3 Å². The highest BCUT2D eigenvalue weighted by molar-refractivity contribution is 9.10. The van der Waals surface area contributed by atoms with Gasteiger partial charge in [-0.1, -0.05) is 12.1 Å². The number of aromatic nitrogens is 2. The minimum absolute atomic E-state index is 0.0930. The molecule has 1 aliphatic rings. The highest BCUT2D eigenvalue weighted by Crippen LogP contribution is 2.32. The number of benzene rings is 1. The van der Waals surface area contributed by atoms with Crippen LogP contribution < -0.4 is 10.2 Å². The molecule has 3 aromatic rings. The van der Waals surface area contributed by atoms with Gasteiger partial charge in [0.25, 0.3) is 0 Å². The number of ether oxygens (including phenoxy) is 1. The summed E-state index contributed by atoms with van der Waals surface area (Å²) in [5.74, 6) is -1.27. The fraction of sp³-hybridized carbons (Fsp3) is 0.200. The van der Waals surface area contributed by atoms with Gasteiger partial charge in [-0.25, -0.2) is 9.78 Å². The number of rotatable bonds is 5. The molecule has 4 rings (SSSR count). The molecule has 2 N–H and O–H groups in total. The minimum atomic E-state index is -0.467. The van der Waals surface area contributed by atoms with E-state index in [9.17, 15) is 14.4 Å². The van der Waals surface area contributed by atoms with Gasteiger partial charge >= 0.3 is 5.97 Å². The Kier molecular flexibility index (Phi) is 5.69. The van der Waals surface area contributed by atoms with Crippen molar-refractivity contribution in [2.24, 2.45) is 5.92 Å². The molecule has 1 unspecified atom stereocenters. The maximum absolute atomic E-state index is 12.7. The third-order valence-electron chi connectivity index (χ3n) is 4.76. The molecule has 0 aliphatic carbocycles. The van der Waals surface area contributed by atoms with E-state index >= 15 is 0 Å². The molecule has 154 valence electrons. The Morgan fingerprint density at radius 3 is 2.93 bits per heavy atom. The highest BCUT2D eigenvalue weighted by Gasteiger charge is 2.36. The van der Waals surface area contributed by atoms with Crippen LogP contribution in [0.1, 0.15) is 16.9 Å². The van der Waals surface area contributed by atoms with E-state index in [1.807, 2.05) is 24.3 Å². The summed E-state index contributed by atoms with van der Waals surface area (Å²) in [6, 6.07) is 9.06. The van der Waals surface area contributed by atoms with Gasteiger partial charge in [0.2, 0.25) is 11.8 Å². The van der Waals surface area contributed by atoms with Crippen LogP contribution in [0.5, 0.6) is 0 Å². The first kappa shape index (κ1) is 20.3. The molecule has 0 bridgehead atoms. The third-order valence-corrected chi connectivity index (χ3v) is 6.19. The van der Waals surface area contributed by atoms with Crippen LogP contribution in [0.3, 0.4) is 0 Å². The Hall–Kier alpha value is -2.98. The number of methoxy groups -OCH3 is 1. The monoisotopic (exact) mass is 488 g/mol. The van der Waals surface area contributed by atoms with E-state index in [1.54, 1.807) is 22.5 Å². The number of hydrogen-bond donors (Lipinski definition) is 2. The number of amides is 2. The van der Waals surface area contributed by atoms with Crippen LogP contribution >= 0.6 is 27.3 Å². The molecule has 3 heterocycles. The molecule has 10 heteroatoms. The second kappa shape index (κ2) is 8.41. The number of esters is 1. The van der Waals surface area contributed by atoms with Gasteiger partial charge in [-0.3, -0.25) is 9.59 Å². The quantitative estimate of drug-likeness (QED) is 0.533. The van der Waals surface area contributed by atoms with Gasteiger partial charge in [-0.2, -0.15) is 0 Å². The average Bonchev–Trinajstić information content (AvgIpc) is 3.47. The summed E-state index contributed by atoms with van der Waals surface area (Å²) in [6.07, 6.45) is 1.80. The summed E-state index contributed by atoms with van der Waals surface area (Å²) in [5.41, 5.74) is 2.41. The Morgan fingerprint density at radius 1 is 1.37 bits per heavy atom. The van der Waals surface area contributed by atoms with E-state index in [1.165, 1.54) is 18.4 Å².